The highest BCUT2D eigenvalue weighted by Crippen LogP contribution is 2.46. The molecule has 16 aliphatic rings. The maximum atomic E-state index is 13.4. The predicted octanol–water partition coefficient (Wildman–Crippen LogP) is 9.18. The first-order valence-electron chi connectivity index (χ1n) is 53.7. The molecule has 4 aromatic rings. The van der Waals surface area contributed by atoms with Crippen LogP contribution < -0.4 is 44.7 Å². The first kappa shape index (κ1) is 109. The van der Waals surface area contributed by atoms with E-state index in [9.17, 15) is 81.9 Å². The molecule has 0 amide bonds. The lowest BCUT2D eigenvalue weighted by atomic mass is 9.85. The Hall–Kier alpha value is -12.0. The number of nitrogens with one attached hydrogen (secondary N) is 4. The van der Waals surface area contributed by atoms with Gasteiger partial charge in [0.05, 0.1) is 71.0 Å². The third kappa shape index (κ3) is 27.6. The minimum absolute atomic E-state index is 0.0664. The number of anilines is 4. The van der Waals surface area contributed by atoms with Crippen LogP contribution in [0.1, 0.15) is 295 Å². The van der Waals surface area contributed by atoms with Gasteiger partial charge in [0.15, 0.2) is 97.0 Å². The number of esters is 12. The Labute approximate surface area is 861 Å². The zero-order valence-corrected chi connectivity index (χ0v) is 83.7. The molecular formula is C102H136N12O36. The minimum atomic E-state index is -1.19. The van der Waals surface area contributed by atoms with Gasteiger partial charge in [-0.05, 0) is 178 Å². The molecule has 48 nitrogen and oxygen atoms in total. The van der Waals surface area contributed by atoms with Gasteiger partial charge in [-0.15, -0.1) is 0 Å². The summed E-state index contributed by atoms with van der Waals surface area (Å²) >= 11 is 0. The fraction of sp³-hybridized carbons (Fsp3) is 0.725. The summed E-state index contributed by atoms with van der Waals surface area (Å²) in [5.74, 6) is -7.91. The molecular weight excluding hydrogens is 1970 g/mol. The predicted molar refractivity (Wildman–Crippen MR) is 510 cm³/mol. The van der Waals surface area contributed by atoms with Crippen molar-refractivity contribution in [2.45, 2.75) is 368 Å². The Morgan fingerprint density at radius 1 is 0.227 bits per heavy atom. The van der Waals surface area contributed by atoms with Crippen LogP contribution in [0.4, 0.5) is 23.3 Å². The van der Waals surface area contributed by atoms with E-state index in [4.69, 9.17) is 91.4 Å². The number of rotatable bonds is 36. The second-order valence-electron chi connectivity index (χ2n) is 42.1. The summed E-state index contributed by atoms with van der Waals surface area (Å²) in [5, 5.41) is 36.4. The molecule has 20 rings (SSSR count). The summed E-state index contributed by atoms with van der Waals surface area (Å²) in [6.45, 7) is -0.871. The standard InChI is InChI=1S/C30H43N3O9.C27H37N3O9.C24H31N3O9.C21H25N3O9/c34-27(19-10-4-1-5-11-19)39-18-22-24(41-28(35)20-12-6-2-7-13-20)25(42-29(36)21-14-8-3-9-15-21)26(40-22)33-17-16-23(32-38)31-30(33)37;31-24(16-7-1-2-8-16)36-15-19-21(38-25(32)17-9-3-4-10-17)22(39-26(33)18-11-5-6-12-18)23(37-19)30-14-13-20(29-35)28-27(30)34;28-21(13-4-1-5-13)33-12-16-18(35-22(29)14-6-2-7-14)19(36-23(30)15-8-3-9-15)20(34-16)27-11-10-17(26-32)25-24(27)31;25-18(10-1-2-10)30-9-13-15(32-19(26)11-3-4-11)16(33-20(27)12-5-6-12)17(31-13)24-8-7-14(23-29)22-21(24)28/h16-17,19-22,24-26,38H,1-15,18H2,(H,31,32,37);13-14,16-19,21-23,35H,1-12,15H2,(H,28,29,34);10-11,13-16,18-20,32H,1-9,12H2,(H,25,26,31);7-8,10-13,15-17,29H,1-6,9H2,(H,22,23,28)/t22-,24-,25-,26-;19-,21-,22-,23-;16-,18-,19-,20-;13-,15-,16-,17-/m1111/s1. The molecule has 8 heterocycles. The maximum absolute atomic E-state index is 13.4. The van der Waals surface area contributed by atoms with Crippen molar-refractivity contribution >= 4 is 94.9 Å². The highest BCUT2D eigenvalue weighted by molar-refractivity contribution is 5.79. The summed E-state index contributed by atoms with van der Waals surface area (Å²) in [4.78, 5) is 220. The summed E-state index contributed by atoms with van der Waals surface area (Å²) in [6, 6.07) is 5.39. The molecule has 16 atom stereocenters. The minimum Gasteiger partial charge on any atom is -0.463 e. The lowest BCUT2D eigenvalue weighted by Crippen LogP contribution is -2.45. The molecule has 8 N–H and O–H groups in total. The lowest BCUT2D eigenvalue weighted by molar-refractivity contribution is -0.177. The van der Waals surface area contributed by atoms with Crippen molar-refractivity contribution in [3.05, 3.63) is 91.0 Å². The van der Waals surface area contributed by atoms with Gasteiger partial charge in [0.25, 0.3) is 0 Å². The number of aromatic nitrogens is 8. The van der Waals surface area contributed by atoms with Crippen LogP contribution in [-0.2, 0) is 133 Å². The Morgan fingerprint density at radius 3 is 0.540 bits per heavy atom. The molecule has 150 heavy (non-hydrogen) atoms. The van der Waals surface area contributed by atoms with E-state index in [-0.39, 0.29) is 145 Å². The van der Waals surface area contributed by atoms with Crippen molar-refractivity contribution in [2.24, 2.45) is 71.0 Å². The normalized spacial score (nSPS) is 28.2. The van der Waals surface area contributed by atoms with Gasteiger partial charge < -0.3 is 75.8 Å². The largest absolute Gasteiger partial charge is 0.463 e. The Kier molecular flexibility index (Phi) is 37.5. The highest BCUT2D eigenvalue weighted by Gasteiger charge is 2.59. The molecule has 0 spiro atoms. The summed E-state index contributed by atoms with van der Waals surface area (Å²) in [7, 11) is 0. The van der Waals surface area contributed by atoms with Gasteiger partial charge in [0, 0.05) is 24.8 Å². The second kappa shape index (κ2) is 51.4. The summed E-state index contributed by atoms with van der Waals surface area (Å²) in [6.07, 6.45) is 22.6. The van der Waals surface area contributed by atoms with Crippen molar-refractivity contribution in [3.63, 3.8) is 0 Å². The van der Waals surface area contributed by atoms with E-state index in [1.54, 1.807) is 11.0 Å². The molecule has 0 bridgehead atoms. The highest BCUT2D eigenvalue weighted by atomic mass is 16.7. The van der Waals surface area contributed by atoms with E-state index in [1.807, 2.05) is 11.0 Å². The fourth-order valence-corrected chi connectivity index (χ4v) is 21.4. The quantitative estimate of drug-likeness (QED) is 0.0119. The van der Waals surface area contributed by atoms with E-state index < -0.39 is 169 Å². The van der Waals surface area contributed by atoms with Gasteiger partial charge in [0.1, 0.15) is 50.8 Å². The van der Waals surface area contributed by atoms with E-state index >= 15 is 0 Å². The number of carbonyl (C=O) groups is 12. The van der Waals surface area contributed by atoms with Gasteiger partial charge in [0.2, 0.25) is 0 Å². The molecule has 820 valence electrons. The van der Waals surface area contributed by atoms with Crippen molar-refractivity contribution in [2.75, 3.05) is 48.3 Å². The summed E-state index contributed by atoms with van der Waals surface area (Å²) in [5.41, 5.74) is 4.15. The summed E-state index contributed by atoms with van der Waals surface area (Å²) < 4.78 is 98.2. The van der Waals surface area contributed by atoms with Crippen molar-refractivity contribution in [1.29, 1.82) is 0 Å². The van der Waals surface area contributed by atoms with Crippen molar-refractivity contribution in [3.8, 4) is 0 Å². The molecule has 48 heteroatoms. The first-order chi connectivity index (χ1) is 72.8. The average molecular weight is 2110 g/mol. The van der Waals surface area contributed by atoms with Crippen LogP contribution in [0.25, 0.3) is 0 Å². The molecule has 12 aliphatic carbocycles. The molecule has 16 fully saturated rings. The van der Waals surface area contributed by atoms with Gasteiger partial charge in [-0.2, -0.15) is 19.9 Å². The van der Waals surface area contributed by atoms with Crippen molar-refractivity contribution in [1.82, 2.24) is 38.2 Å². The Bertz CT molecular complexity index is 5620. The number of ether oxygens (including phenoxy) is 16. The Morgan fingerprint density at radius 2 is 0.380 bits per heavy atom. The van der Waals surface area contributed by atoms with Gasteiger partial charge in [-0.1, -0.05) is 116 Å². The topological polar surface area (TPSA) is 621 Å². The van der Waals surface area contributed by atoms with Crippen LogP contribution in [0.5, 0.6) is 0 Å². The van der Waals surface area contributed by atoms with E-state index in [0.717, 1.165) is 185 Å². The molecule has 0 aromatic carbocycles. The van der Waals surface area contributed by atoms with E-state index in [0.29, 0.717) is 103 Å². The molecule has 0 radical (unpaired) electrons. The molecule has 4 saturated heterocycles. The molecule has 4 aliphatic heterocycles. The maximum Gasteiger partial charge on any atom is 0.351 e. The van der Waals surface area contributed by atoms with Crippen LogP contribution in [0.15, 0.2) is 68.2 Å². The van der Waals surface area contributed by atoms with E-state index in [2.05, 4.69) is 19.9 Å². The zero-order chi connectivity index (χ0) is 105. The van der Waals surface area contributed by atoms with Crippen LogP contribution >= 0.6 is 0 Å². The fourth-order valence-electron chi connectivity index (χ4n) is 21.4. The third-order valence-corrected chi connectivity index (χ3v) is 31.5. The van der Waals surface area contributed by atoms with Crippen LogP contribution in [0.2, 0.25) is 0 Å². The Balaban J connectivity index is 0.000000137. The van der Waals surface area contributed by atoms with E-state index in [1.165, 1.54) is 49.1 Å². The SMILES string of the molecule is O=C(OC[C@H]1O[C@@H](n2ccc(NO)nc2=O)[C@H](OC(=O)C2CC2)[C@@H]1OC(=O)C1CC1)C1CC1.O=C(OC[C@H]1O[C@@H](n2ccc(NO)nc2=O)[C@H](OC(=O)C2CCC2)[C@@H]1OC(=O)C1CCC1)C1CCC1.O=C(OC[C@H]1O[C@@H](n2ccc(NO)nc2=O)[C@H](OC(=O)C2CCCC2)[C@@H]1OC(=O)C1CCCC1)C1CCCC1.O=C(OC[C@H]1O[C@@H](n2ccc(NO)nc2=O)[C@H](OC(=O)C2CCCCC2)[C@@H]1OC(=O)C1CCCCC1)C1CCCCC1. The van der Waals surface area contributed by atoms with Gasteiger partial charge in [-0.25, -0.2) is 19.2 Å². The molecule has 12 saturated carbocycles. The third-order valence-electron chi connectivity index (χ3n) is 31.5. The van der Waals surface area contributed by atoms with Gasteiger partial charge in [-0.3, -0.25) is 119 Å². The zero-order valence-electron chi connectivity index (χ0n) is 83.7. The monoisotopic (exact) mass is 2100 g/mol. The second-order valence-corrected chi connectivity index (χ2v) is 42.1. The van der Waals surface area contributed by atoms with Crippen LogP contribution in [0, 0.1) is 71.0 Å². The number of hydrogen-bond acceptors (Lipinski definition) is 44. The number of nitrogens with zero attached hydrogens (tertiary/aromatic N) is 8. The molecule has 0 unspecified atom stereocenters. The lowest BCUT2D eigenvalue weighted by Gasteiger charge is -2.31. The van der Waals surface area contributed by atoms with Gasteiger partial charge >= 0.3 is 94.4 Å². The molecule has 4 aromatic heterocycles. The number of hydrogen-bond donors (Lipinski definition) is 8. The number of carbonyl (C=O) groups excluding carboxylic acids is 12. The van der Waals surface area contributed by atoms with Crippen molar-refractivity contribution < 1.29 is 154 Å². The van der Waals surface area contributed by atoms with Crippen LogP contribution in [-0.4, -0.2) is 230 Å². The average Bonchev–Trinajstić information content (AvgIpc) is 1.61. The first-order valence-corrected chi connectivity index (χ1v) is 53.7. The van der Waals surface area contributed by atoms with Crippen LogP contribution in [0.3, 0.4) is 0 Å². The smallest absolute Gasteiger partial charge is 0.351 e.